The van der Waals surface area contributed by atoms with Gasteiger partial charge in [-0.05, 0) is 25.5 Å². The molecule has 1 rings (SSSR count). The van der Waals surface area contributed by atoms with Crippen LogP contribution in [-0.2, 0) is 0 Å². The van der Waals surface area contributed by atoms with Gasteiger partial charge in [-0.15, -0.1) is 0 Å². The largest absolute Gasteiger partial charge is 0.496 e. The number of benzene rings is 1. The van der Waals surface area contributed by atoms with Crippen molar-refractivity contribution in [2.75, 3.05) is 26.8 Å². The van der Waals surface area contributed by atoms with Gasteiger partial charge in [0.05, 0.1) is 13.2 Å². The van der Waals surface area contributed by atoms with E-state index in [0.29, 0.717) is 0 Å². The molecule has 0 amide bonds. The van der Waals surface area contributed by atoms with Gasteiger partial charge in [0.2, 0.25) is 0 Å². The van der Waals surface area contributed by atoms with Gasteiger partial charge in [-0.1, -0.05) is 32.0 Å². The lowest BCUT2D eigenvalue weighted by Gasteiger charge is -2.35. The molecule has 1 aromatic carbocycles. The molecular weight excluding hydrogens is 252 g/mol. The van der Waals surface area contributed by atoms with E-state index in [4.69, 9.17) is 15.6 Å². The second-order valence-electron chi connectivity index (χ2n) is 4.96. The third-order valence-corrected chi connectivity index (χ3v) is 3.74. The highest BCUT2D eigenvalue weighted by molar-refractivity contribution is 5.36. The summed E-state index contributed by atoms with van der Waals surface area (Å²) in [6, 6.07) is 8.22. The quantitative estimate of drug-likeness (QED) is 0.728. The third-order valence-electron chi connectivity index (χ3n) is 3.74. The molecule has 4 nitrogen and oxygen atoms in total. The predicted octanol–water partition coefficient (Wildman–Crippen LogP) is 2.18. The molecule has 0 fully saturated rings. The Balaban J connectivity index is 3.09. The van der Waals surface area contributed by atoms with Gasteiger partial charge in [0.25, 0.3) is 0 Å². The van der Waals surface area contributed by atoms with Gasteiger partial charge in [0.1, 0.15) is 5.75 Å². The van der Waals surface area contributed by atoms with Gasteiger partial charge in [-0.2, -0.15) is 0 Å². The summed E-state index contributed by atoms with van der Waals surface area (Å²) in [6.07, 6.45) is 1.66. The number of hydrogen-bond donors (Lipinski definition) is 2. The van der Waals surface area contributed by atoms with Crippen LogP contribution in [0.5, 0.6) is 5.75 Å². The zero-order chi connectivity index (χ0) is 15.0. The molecule has 0 aliphatic carbocycles. The maximum atomic E-state index is 9.08. The molecule has 0 aliphatic rings. The van der Waals surface area contributed by atoms with E-state index in [1.54, 1.807) is 7.11 Å². The highest BCUT2D eigenvalue weighted by Gasteiger charge is 2.26. The van der Waals surface area contributed by atoms with Gasteiger partial charge in [-0.25, -0.2) is 0 Å². The maximum absolute atomic E-state index is 9.08. The number of para-hydroxylation sites is 1. The Bertz CT molecular complexity index is 384. The first-order valence-corrected chi connectivity index (χ1v) is 7.42. The molecular formula is C16H28N2O2. The van der Waals surface area contributed by atoms with E-state index in [1.807, 2.05) is 18.2 Å². The van der Waals surface area contributed by atoms with Crippen LogP contribution >= 0.6 is 0 Å². The van der Waals surface area contributed by atoms with E-state index in [9.17, 15) is 0 Å². The van der Waals surface area contributed by atoms with Gasteiger partial charge >= 0.3 is 0 Å². The molecule has 0 aromatic heterocycles. The summed E-state index contributed by atoms with van der Waals surface area (Å²) in [5.74, 6) is 0.879. The molecule has 0 bridgehead atoms. The van der Waals surface area contributed by atoms with Gasteiger partial charge in [0, 0.05) is 24.8 Å². The minimum Gasteiger partial charge on any atom is -0.496 e. The molecule has 0 spiro atoms. The minimum absolute atomic E-state index is 0.0462. The number of nitrogens with two attached hydrogens (primary N) is 1. The molecule has 1 aromatic rings. The second-order valence-corrected chi connectivity index (χ2v) is 4.96. The van der Waals surface area contributed by atoms with Crippen LogP contribution in [0.2, 0.25) is 0 Å². The lowest BCUT2D eigenvalue weighted by atomic mass is 9.95. The smallest absolute Gasteiger partial charge is 0.123 e. The topological polar surface area (TPSA) is 58.7 Å². The van der Waals surface area contributed by atoms with Crippen molar-refractivity contribution >= 4 is 0 Å². The van der Waals surface area contributed by atoms with E-state index in [0.717, 1.165) is 37.2 Å². The molecule has 4 heteroatoms. The molecule has 0 heterocycles. The first kappa shape index (κ1) is 17.0. The Morgan fingerprint density at radius 1 is 1.30 bits per heavy atom. The van der Waals surface area contributed by atoms with Crippen LogP contribution in [0.4, 0.5) is 0 Å². The first-order valence-electron chi connectivity index (χ1n) is 7.42. The number of hydrogen-bond acceptors (Lipinski definition) is 4. The normalized spacial score (nSPS) is 14.3. The summed E-state index contributed by atoms with van der Waals surface area (Å²) in [6.45, 7) is 6.17. The van der Waals surface area contributed by atoms with Crippen molar-refractivity contribution in [3.8, 4) is 5.75 Å². The molecule has 0 radical (unpaired) electrons. The van der Waals surface area contributed by atoms with E-state index < -0.39 is 0 Å². The predicted molar refractivity (Wildman–Crippen MR) is 83.0 cm³/mol. The van der Waals surface area contributed by atoms with Crippen LogP contribution in [0.15, 0.2) is 24.3 Å². The summed E-state index contributed by atoms with van der Waals surface area (Å²) in [4.78, 5) is 2.32. The van der Waals surface area contributed by atoms with Crippen molar-refractivity contribution in [3.05, 3.63) is 29.8 Å². The van der Waals surface area contributed by atoms with Crippen LogP contribution < -0.4 is 10.5 Å². The van der Waals surface area contributed by atoms with E-state index in [-0.39, 0.29) is 18.7 Å². The standard InChI is InChI=1S/C16H28N2O2/c1-4-14(17)16(18(5-2)11-8-12-19)13-9-6-7-10-15(13)20-3/h6-7,9-10,14,16,19H,4-5,8,11-12,17H2,1-3H3. The number of methoxy groups -OCH3 is 1. The fourth-order valence-electron chi connectivity index (χ4n) is 2.60. The SMILES string of the molecule is CCC(N)C(c1ccccc1OC)N(CC)CCCO. The average Bonchev–Trinajstić information content (AvgIpc) is 2.50. The fourth-order valence-corrected chi connectivity index (χ4v) is 2.60. The summed E-state index contributed by atoms with van der Waals surface area (Å²) < 4.78 is 5.49. The van der Waals surface area contributed by atoms with Gasteiger partial charge in [0.15, 0.2) is 0 Å². The van der Waals surface area contributed by atoms with Crippen molar-refractivity contribution in [3.63, 3.8) is 0 Å². The zero-order valence-corrected chi connectivity index (χ0v) is 12.9. The summed E-state index contributed by atoms with van der Waals surface area (Å²) in [5, 5.41) is 9.08. The summed E-state index contributed by atoms with van der Waals surface area (Å²) in [5.41, 5.74) is 7.49. The zero-order valence-electron chi connectivity index (χ0n) is 12.9. The lowest BCUT2D eigenvalue weighted by molar-refractivity contribution is 0.157. The average molecular weight is 280 g/mol. The Morgan fingerprint density at radius 2 is 2.00 bits per heavy atom. The molecule has 0 saturated carbocycles. The van der Waals surface area contributed by atoms with Crippen LogP contribution in [0.3, 0.4) is 0 Å². The van der Waals surface area contributed by atoms with Crippen molar-refractivity contribution in [2.45, 2.75) is 38.8 Å². The molecule has 2 unspecified atom stereocenters. The summed E-state index contributed by atoms with van der Waals surface area (Å²) in [7, 11) is 1.69. The minimum atomic E-state index is 0.0462. The molecule has 114 valence electrons. The number of nitrogens with zero attached hydrogens (tertiary/aromatic N) is 1. The molecule has 0 saturated heterocycles. The first-order chi connectivity index (χ1) is 9.69. The lowest BCUT2D eigenvalue weighted by Crippen LogP contribution is -2.41. The van der Waals surface area contributed by atoms with Crippen LogP contribution in [0.25, 0.3) is 0 Å². The number of rotatable bonds is 9. The Kier molecular flexibility index (Phi) is 7.59. The third kappa shape index (κ3) is 4.20. The van der Waals surface area contributed by atoms with Gasteiger partial charge in [-0.3, -0.25) is 4.90 Å². The maximum Gasteiger partial charge on any atom is 0.123 e. The van der Waals surface area contributed by atoms with Gasteiger partial charge < -0.3 is 15.6 Å². The Morgan fingerprint density at radius 3 is 2.55 bits per heavy atom. The second kappa shape index (κ2) is 8.95. The Labute approximate surface area is 122 Å². The molecule has 20 heavy (non-hydrogen) atoms. The van der Waals surface area contributed by atoms with Crippen LogP contribution in [0.1, 0.15) is 38.3 Å². The van der Waals surface area contributed by atoms with Crippen molar-refractivity contribution in [1.82, 2.24) is 4.90 Å². The van der Waals surface area contributed by atoms with Crippen LogP contribution in [0, 0.1) is 0 Å². The number of ether oxygens (including phenoxy) is 1. The highest BCUT2D eigenvalue weighted by atomic mass is 16.5. The summed E-state index contributed by atoms with van der Waals surface area (Å²) >= 11 is 0. The number of aliphatic hydroxyl groups is 1. The number of likely N-dealkylation sites (N-methyl/N-ethyl adjacent to an activating group) is 1. The van der Waals surface area contributed by atoms with Crippen LogP contribution in [-0.4, -0.2) is 42.9 Å². The highest BCUT2D eigenvalue weighted by Crippen LogP contribution is 2.32. The molecule has 3 N–H and O–H groups in total. The molecule has 2 atom stereocenters. The fraction of sp³-hybridized carbons (Fsp3) is 0.625. The van der Waals surface area contributed by atoms with Crippen molar-refractivity contribution < 1.29 is 9.84 Å². The van der Waals surface area contributed by atoms with E-state index >= 15 is 0 Å². The monoisotopic (exact) mass is 280 g/mol. The number of aliphatic hydroxyl groups excluding tert-OH is 1. The van der Waals surface area contributed by atoms with E-state index in [1.165, 1.54) is 0 Å². The Hall–Kier alpha value is -1.10. The van der Waals surface area contributed by atoms with Crippen molar-refractivity contribution in [2.24, 2.45) is 5.73 Å². The van der Waals surface area contributed by atoms with E-state index in [2.05, 4.69) is 24.8 Å². The molecule has 0 aliphatic heterocycles. The van der Waals surface area contributed by atoms with Crippen molar-refractivity contribution in [1.29, 1.82) is 0 Å².